The molecule has 0 saturated heterocycles. The van der Waals surface area contributed by atoms with Gasteiger partial charge in [-0.25, -0.2) is 0 Å². The van der Waals surface area contributed by atoms with Crippen LogP contribution in [-0.4, -0.2) is 17.9 Å². The molecule has 3 rings (SSSR count). The van der Waals surface area contributed by atoms with Gasteiger partial charge in [0, 0.05) is 41.8 Å². The molecular formula is C18H18N2O2S. The molecule has 0 aliphatic rings. The summed E-state index contributed by atoms with van der Waals surface area (Å²) in [7, 11) is 1.79. The Hall–Kier alpha value is -2.53. The average Bonchev–Trinajstić information content (AvgIpc) is 3.26. The van der Waals surface area contributed by atoms with E-state index in [2.05, 4.69) is 16.8 Å². The Morgan fingerprint density at radius 1 is 1.26 bits per heavy atom. The first-order chi connectivity index (χ1) is 11.2. The zero-order chi connectivity index (χ0) is 16.1. The predicted molar refractivity (Wildman–Crippen MR) is 92.6 cm³/mol. The van der Waals surface area contributed by atoms with Crippen molar-refractivity contribution in [1.82, 2.24) is 4.90 Å². The Kier molecular flexibility index (Phi) is 4.78. The summed E-state index contributed by atoms with van der Waals surface area (Å²) in [5.41, 5.74) is 2.60. The molecular weight excluding hydrogens is 308 g/mol. The van der Waals surface area contributed by atoms with Crippen LogP contribution in [0.4, 0.5) is 5.69 Å². The summed E-state index contributed by atoms with van der Waals surface area (Å²) in [5.74, 6) is -0.00836. The van der Waals surface area contributed by atoms with Crippen molar-refractivity contribution in [2.45, 2.75) is 13.1 Å². The lowest BCUT2D eigenvalue weighted by Gasteiger charge is -2.17. The fourth-order valence-electron chi connectivity index (χ4n) is 2.31. The Balaban J connectivity index is 1.64. The summed E-state index contributed by atoms with van der Waals surface area (Å²) >= 11 is 1.71. The largest absolute Gasteiger partial charge is 0.472 e. The van der Waals surface area contributed by atoms with Gasteiger partial charge in [0.2, 0.25) is 0 Å². The molecule has 0 unspecified atom stereocenters. The second-order valence-corrected chi connectivity index (χ2v) is 6.34. The maximum Gasteiger partial charge on any atom is 0.253 e. The molecule has 0 spiro atoms. The Bertz CT molecular complexity index is 751. The van der Waals surface area contributed by atoms with E-state index in [0.717, 1.165) is 17.8 Å². The van der Waals surface area contributed by atoms with E-state index in [9.17, 15) is 4.79 Å². The topological polar surface area (TPSA) is 45.5 Å². The third-order valence-corrected chi connectivity index (χ3v) is 4.38. The van der Waals surface area contributed by atoms with Crippen LogP contribution in [0.1, 0.15) is 20.8 Å². The maximum absolute atomic E-state index is 12.5. The van der Waals surface area contributed by atoms with Gasteiger partial charge in [-0.3, -0.25) is 4.79 Å². The molecule has 0 aliphatic carbocycles. The Morgan fingerprint density at radius 2 is 2.17 bits per heavy atom. The summed E-state index contributed by atoms with van der Waals surface area (Å²) in [5, 5.41) is 5.41. The van der Waals surface area contributed by atoms with E-state index in [1.54, 1.807) is 35.8 Å². The van der Waals surface area contributed by atoms with Gasteiger partial charge in [0.05, 0.1) is 12.5 Å². The average molecular weight is 326 g/mol. The zero-order valence-electron chi connectivity index (χ0n) is 12.9. The molecule has 2 heterocycles. The highest BCUT2D eigenvalue weighted by Crippen LogP contribution is 2.16. The second-order valence-electron chi connectivity index (χ2n) is 5.31. The van der Waals surface area contributed by atoms with E-state index < -0.39 is 0 Å². The first-order valence-corrected chi connectivity index (χ1v) is 8.23. The van der Waals surface area contributed by atoms with Crippen LogP contribution in [0.3, 0.4) is 0 Å². The normalized spacial score (nSPS) is 10.5. The Morgan fingerprint density at radius 3 is 2.91 bits per heavy atom. The molecule has 1 N–H and O–H groups in total. The van der Waals surface area contributed by atoms with Gasteiger partial charge < -0.3 is 14.6 Å². The first kappa shape index (κ1) is 15.4. The molecule has 0 bridgehead atoms. The number of amides is 1. The van der Waals surface area contributed by atoms with E-state index in [-0.39, 0.29) is 5.91 Å². The molecule has 0 atom stereocenters. The number of hydrogen-bond acceptors (Lipinski definition) is 4. The summed E-state index contributed by atoms with van der Waals surface area (Å²) < 4.78 is 5.04. The van der Waals surface area contributed by atoms with Crippen molar-refractivity contribution in [2.24, 2.45) is 0 Å². The number of carbonyl (C=O) groups is 1. The van der Waals surface area contributed by atoms with Gasteiger partial charge in [-0.15, -0.1) is 11.3 Å². The van der Waals surface area contributed by atoms with Crippen molar-refractivity contribution >= 4 is 22.9 Å². The smallest absolute Gasteiger partial charge is 0.253 e. The van der Waals surface area contributed by atoms with Crippen LogP contribution in [0.25, 0.3) is 0 Å². The molecule has 1 amide bonds. The van der Waals surface area contributed by atoms with Crippen molar-refractivity contribution in [2.75, 3.05) is 12.4 Å². The van der Waals surface area contributed by atoms with E-state index in [0.29, 0.717) is 12.1 Å². The molecule has 23 heavy (non-hydrogen) atoms. The number of nitrogens with one attached hydrogen (secondary N) is 1. The van der Waals surface area contributed by atoms with Crippen molar-refractivity contribution < 1.29 is 9.21 Å². The molecule has 0 radical (unpaired) electrons. The zero-order valence-corrected chi connectivity index (χ0v) is 13.7. The molecule has 5 heteroatoms. The summed E-state index contributed by atoms with van der Waals surface area (Å²) in [6.07, 6.45) is 3.27. The number of benzene rings is 1. The fourth-order valence-corrected chi connectivity index (χ4v) is 2.96. The lowest BCUT2D eigenvalue weighted by Crippen LogP contribution is -2.26. The van der Waals surface area contributed by atoms with Crippen LogP contribution in [0.15, 0.2) is 64.8 Å². The van der Waals surface area contributed by atoms with Gasteiger partial charge in [-0.05, 0) is 35.7 Å². The predicted octanol–water partition coefficient (Wildman–Crippen LogP) is 4.23. The molecule has 0 aliphatic heterocycles. The minimum absolute atomic E-state index is 0.00836. The molecule has 3 aromatic rings. The number of nitrogens with zero attached hydrogens (tertiary/aromatic N) is 1. The van der Waals surface area contributed by atoms with Gasteiger partial charge >= 0.3 is 0 Å². The van der Waals surface area contributed by atoms with E-state index in [1.807, 2.05) is 36.4 Å². The highest BCUT2D eigenvalue weighted by molar-refractivity contribution is 7.09. The van der Waals surface area contributed by atoms with E-state index >= 15 is 0 Å². The van der Waals surface area contributed by atoms with Gasteiger partial charge in [0.25, 0.3) is 5.91 Å². The third-order valence-electron chi connectivity index (χ3n) is 3.50. The summed E-state index contributed by atoms with van der Waals surface area (Å²) in [6, 6.07) is 13.6. The molecule has 0 saturated carbocycles. The van der Waals surface area contributed by atoms with Crippen molar-refractivity contribution in [3.05, 3.63) is 76.4 Å². The monoisotopic (exact) mass is 326 g/mol. The van der Waals surface area contributed by atoms with Crippen molar-refractivity contribution in [3.63, 3.8) is 0 Å². The highest BCUT2D eigenvalue weighted by Gasteiger charge is 2.13. The quantitative estimate of drug-likeness (QED) is 0.737. The molecule has 118 valence electrons. The second kappa shape index (κ2) is 7.15. The van der Waals surface area contributed by atoms with Gasteiger partial charge in [0.15, 0.2) is 0 Å². The minimum Gasteiger partial charge on any atom is -0.472 e. The molecule has 4 nitrogen and oxygen atoms in total. The number of hydrogen-bond donors (Lipinski definition) is 1. The fraction of sp³-hybridized carbons (Fsp3) is 0.167. The number of rotatable bonds is 6. The third kappa shape index (κ3) is 4.02. The van der Waals surface area contributed by atoms with Crippen LogP contribution in [0.2, 0.25) is 0 Å². The lowest BCUT2D eigenvalue weighted by molar-refractivity contribution is 0.0785. The van der Waals surface area contributed by atoms with Crippen LogP contribution < -0.4 is 5.32 Å². The van der Waals surface area contributed by atoms with Crippen molar-refractivity contribution in [3.8, 4) is 0 Å². The van der Waals surface area contributed by atoms with E-state index in [4.69, 9.17) is 4.42 Å². The van der Waals surface area contributed by atoms with Crippen LogP contribution in [0, 0.1) is 0 Å². The molecule has 0 fully saturated rings. The Labute approximate surface area is 139 Å². The van der Waals surface area contributed by atoms with Gasteiger partial charge in [-0.1, -0.05) is 12.1 Å². The first-order valence-electron chi connectivity index (χ1n) is 7.35. The summed E-state index contributed by atoms with van der Waals surface area (Å²) in [4.78, 5) is 15.5. The lowest BCUT2D eigenvalue weighted by atomic mass is 10.1. The van der Waals surface area contributed by atoms with E-state index in [1.165, 1.54) is 4.88 Å². The van der Waals surface area contributed by atoms with Crippen LogP contribution in [0.5, 0.6) is 0 Å². The number of anilines is 1. The molecule has 2 aromatic heterocycles. The highest BCUT2D eigenvalue weighted by atomic mass is 32.1. The SMILES string of the molecule is CN(Cc1ccoc1)C(=O)c1cccc(NCc2cccs2)c1. The van der Waals surface area contributed by atoms with Crippen LogP contribution >= 0.6 is 11.3 Å². The van der Waals surface area contributed by atoms with Gasteiger partial charge in [-0.2, -0.15) is 0 Å². The number of furan rings is 1. The summed E-state index contributed by atoms with van der Waals surface area (Å²) in [6.45, 7) is 1.29. The molecule has 1 aromatic carbocycles. The van der Waals surface area contributed by atoms with Crippen molar-refractivity contribution in [1.29, 1.82) is 0 Å². The standard InChI is InChI=1S/C18H18N2O2S/c1-20(12-14-7-8-22-13-14)18(21)15-4-2-5-16(10-15)19-11-17-6-3-9-23-17/h2-10,13,19H,11-12H2,1H3. The van der Waals surface area contributed by atoms with Gasteiger partial charge in [0.1, 0.15) is 0 Å². The van der Waals surface area contributed by atoms with Crippen LogP contribution in [-0.2, 0) is 13.1 Å². The minimum atomic E-state index is -0.00836. The number of thiophene rings is 1. The maximum atomic E-state index is 12.5. The number of carbonyl (C=O) groups excluding carboxylic acids is 1.